The van der Waals surface area contributed by atoms with Crippen molar-refractivity contribution in [3.05, 3.63) is 30.6 Å². The van der Waals surface area contributed by atoms with Crippen LogP contribution in [-0.2, 0) is 11.3 Å². The Balaban J connectivity index is 2.29. The SMILES string of the molecule is O=C1Cn2cnnc2-c2ccccc2N1. The summed E-state index contributed by atoms with van der Waals surface area (Å²) in [7, 11) is 0. The third-order valence-corrected chi connectivity index (χ3v) is 2.37. The van der Waals surface area contributed by atoms with Crippen LogP contribution in [0.4, 0.5) is 5.69 Å². The minimum Gasteiger partial charge on any atom is -0.324 e. The molecule has 1 aliphatic rings. The zero-order chi connectivity index (χ0) is 10.3. The molecule has 2 aromatic rings. The molecule has 0 aliphatic carbocycles. The molecular formula is C10H8N4O. The van der Waals surface area contributed by atoms with Gasteiger partial charge in [0.05, 0.1) is 5.69 Å². The Morgan fingerprint density at radius 1 is 1.33 bits per heavy atom. The fourth-order valence-corrected chi connectivity index (χ4v) is 1.71. The van der Waals surface area contributed by atoms with Gasteiger partial charge in [-0.2, -0.15) is 0 Å². The van der Waals surface area contributed by atoms with E-state index < -0.39 is 0 Å². The molecule has 15 heavy (non-hydrogen) atoms. The number of nitrogens with one attached hydrogen (secondary N) is 1. The first-order valence-electron chi connectivity index (χ1n) is 4.61. The zero-order valence-corrected chi connectivity index (χ0v) is 7.84. The molecule has 0 spiro atoms. The van der Waals surface area contributed by atoms with Crippen LogP contribution in [0.5, 0.6) is 0 Å². The summed E-state index contributed by atoms with van der Waals surface area (Å²) in [5.74, 6) is 0.671. The number of para-hydroxylation sites is 1. The van der Waals surface area contributed by atoms with Gasteiger partial charge >= 0.3 is 0 Å². The van der Waals surface area contributed by atoms with Gasteiger partial charge < -0.3 is 9.88 Å². The third-order valence-electron chi connectivity index (χ3n) is 2.37. The van der Waals surface area contributed by atoms with Crippen LogP contribution >= 0.6 is 0 Å². The van der Waals surface area contributed by atoms with E-state index in [-0.39, 0.29) is 12.5 Å². The predicted octanol–water partition coefficient (Wildman–Crippen LogP) is 0.897. The van der Waals surface area contributed by atoms with Crippen LogP contribution in [0.15, 0.2) is 30.6 Å². The van der Waals surface area contributed by atoms with Crippen molar-refractivity contribution in [3.8, 4) is 11.4 Å². The van der Waals surface area contributed by atoms with Gasteiger partial charge in [0.25, 0.3) is 0 Å². The molecule has 1 aromatic carbocycles. The van der Waals surface area contributed by atoms with E-state index in [0.717, 1.165) is 17.1 Å². The molecule has 1 aromatic heterocycles. The first kappa shape index (κ1) is 8.16. The molecule has 1 aliphatic heterocycles. The van der Waals surface area contributed by atoms with Gasteiger partial charge in [-0.25, -0.2) is 0 Å². The maximum atomic E-state index is 11.5. The molecule has 1 N–H and O–H groups in total. The van der Waals surface area contributed by atoms with Crippen LogP contribution in [0.2, 0.25) is 0 Å². The van der Waals surface area contributed by atoms with Gasteiger partial charge in [-0.1, -0.05) is 12.1 Å². The Kier molecular flexibility index (Phi) is 1.58. The van der Waals surface area contributed by atoms with E-state index in [2.05, 4.69) is 15.5 Å². The normalized spacial score (nSPS) is 13.7. The second-order valence-electron chi connectivity index (χ2n) is 3.38. The number of fused-ring (bicyclic) bond motifs is 3. The highest BCUT2D eigenvalue weighted by molar-refractivity contribution is 5.96. The first-order valence-corrected chi connectivity index (χ1v) is 4.61. The fraction of sp³-hybridized carbons (Fsp3) is 0.100. The topological polar surface area (TPSA) is 59.8 Å². The van der Waals surface area contributed by atoms with Gasteiger partial charge in [0, 0.05) is 5.56 Å². The van der Waals surface area contributed by atoms with Crippen molar-refractivity contribution in [2.24, 2.45) is 0 Å². The molecule has 0 atom stereocenters. The van der Waals surface area contributed by atoms with Crippen molar-refractivity contribution in [1.82, 2.24) is 14.8 Å². The summed E-state index contributed by atoms with van der Waals surface area (Å²) in [5, 5.41) is 10.7. The van der Waals surface area contributed by atoms with Crippen LogP contribution < -0.4 is 5.32 Å². The largest absolute Gasteiger partial charge is 0.324 e. The van der Waals surface area contributed by atoms with Gasteiger partial charge in [0.15, 0.2) is 5.82 Å². The number of hydrogen-bond donors (Lipinski definition) is 1. The van der Waals surface area contributed by atoms with E-state index in [0.29, 0.717) is 0 Å². The highest BCUT2D eigenvalue weighted by Crippen LogP contribution is 2.27. The van der Waals surface area contributed by atoms with E-state index >= 15 is 0 Å². The van der Waals surface area contributed by atoms with Crippen LogP contribution in [0.1, 0.15) is 0 Å². The number of rotatable bonds is 0. The van der Waals surface area contributed by atoms with E-state index in [4.69, 9.17) is 0 Å². The van der Waals surface area contributed by atoms with Crippen LogP contribution in [-0.4, -0.2) is 20.7 Å². The van der Waals surface area contributed by atoms with E-state index in [1.807, 2.05) is 24.3 Å². The molecule has 3 rings (SSSR count). The number of hydrogen-bond acceptors (Lipinski definition) is 3. The summed E-state index contributed by atoms with van der Waals surface area (Å²) in [5.41, 5.74) is 1.69. The Morgan fingerprint density at radius 3 is 3.13 bits per heavy atom. The van der Waals surface area contributed by atoms with Crippen molar-refractivity contribution in [3.63, 3.8) is 0 Å². The number of benzene rings is 1. The molecule has 0 saturated carbocycles. The van der Waals surface area contributed by atoms with Crippen LogP contribution in [0.25, 0.3) is 11.4 Å². The molecule has 5 heteroatoms. The monoisotopic (exact) mass is 200 g/mol. The molecule has 5 nitrogen and oxygen atoms in total. The van der Waals surface area contributed by atoms with Crippen LogP contribution in [0, 0.1) is 0 Å². The number of carbonyl (C=O) groups is 1. The van der Waals surface area contributed by atoms with Crippen molar-refractivity contribution < 1.29 is 4.79 Å². The lowest BCUT2D eigenvalue weighted by atomic mass is 10.1. The second kappa shape index (κ2) is 2.91. The molecule has 2 heterocycles. The molecule has 0 bridgehead atoms. The molecule has 0 unspecified atom stereocenters. The highest BCUT2D eigenvalue weighted by Gasteiger charge is 2.18. The fourth-order valence-electron chi connectivity index (χ4n) is 1.71. The number of nitrogens with zero attached hydrogens (tertiary/aromatic N) is 3. The lowest BCUT2D eigenvalue weighted by molar-refractivity contribution is -0.116. The summed E-state index contributed by atoms with van der Waals surface area (Å²) in [6, 6.07) is 7.57. The zero-order valence-electron chi connectivity index (χ0n) is 7.84. The molecular weight excluding hydrogens is 192 g/mol. The maximum absolute atomic E-state index is 11.5. The van der Waals surface area contributed by atoms with E-state index in [1.165, 1.54) is 0 Å². The lowest BCUT2D eigenvalue weighted by Gasteiger charge is -2.03. The van der Waals surface area contributed by atoms with Crippen molar-refractivity contribution in [2.75, 3.05) is 5.32 Å². The molecule has 1 amide bonds. The third kappa shape index (κ3) is 1.20. The van der Waals surface area contributed by atoms with Gasteiger partial charge in [-0.15, -0.1) is 10.2 Å². The maximum Gasteiger partial charge on any atom is 0.244 e. The van der Waals surface area contributed by atoms with Gasteiger partial charge in [0.1, 0.15) is 12.9 Å². The second-order valence-corrected chi connectivity index (χ2v) is 3.38. The van der Waals surface area contributed by atoms with E-state index in [9.17, 15) is 4.79 Å². The van der Waals surface area contributed by atoms with Gasteiger partial charge in [-0.3, -0.25) is 4.79 Å². The van der Waals surface area contributed by atoms with Crippen LogP contribution in [0.3, 0.4) is 0 Å². The van der Waals surface area contributed by atoms with Gasteiger partial charge in [-0.05, 0) is 12.1 Å². The average Bonchev–Trinajstić information content (AvgIpc) is 2.62. The lowest BCUT2D eigenvalue weighted by Crippen LogP contribution is -2.15. The van der Waals surface area contributed by atoms with Crippen molar-refractivity contribution >= 4 is 11.6 Å². The summed E-state index contributed by atoms with van der Waals surface area (Å²) in [4.78, 5) is 11.5. The van der Waals surface area contributed by atoms with Crippen molar-refractivity contribution in [1.29, 1.82) is 0 Å². The number of carbonyl (C=O) groups excluding carboxylic acids is 1. The van der Waals surface area contributed by atoms with Crippen molar-refractivity contribution in [2.45, 2.75) is 6.54 Å². The number of anilines is 1. The Labute approximate surface area is 85.8 Å². The summed E-state index contributed by atoms with van der Waals surface area (Å²) in [6.07, 6.45) is 1.57. The minimum atomic E-state index is -0.0546. The Morgan fingerprint density at radius 2 is 2.20 bits per heavy atom. The summed E-state index contributed by atoms with van der Waals surface area (Å²) >= 11 is 0. The van der Waals surface area contributed by atoms with E-state index in [1.54, 1.807) is 10.9 Å². The Bertz CT molecular complexity index is 532. The molecule has 0 radical (unpaired) electrons. The minimum absolute atomic E-state index is 0.0546. The summed E-state index contributed by atoms with van der Waals surface area (Å²) < 4.78 is 1.74. The number of aromatic nitrogens is 3. The van der Waals surface area contributed by atoms with Gasteiger partial charge in [0.2, 0.25) is 5.91 Å². The molecule has 0 fully saturated rings. The quantitative estimate of drug-likeness (QED) is 0.687. The first-order chi connectivity index (χ1) is 7.34. The average molecular weight is 200 g/mol. The molecule has 74 valence electrons. The Hall–Kier alpha value is -2.17. The predicted molar refractivity (Wildman–Crippen MR) is 54.1 cm³/mol. The smallest absolute Gasteiger partial charge is 0.244 e. The summed E-state index contributed by atoms with van der Waals surface area (Å²) in [6.45, 7) is 0.261. The number of amides is 1. The standard InChI is InChI=1S/C10H8N4O/c15-9-5-14-6-11-13-10(14)7-3-1-2-4-8(7)12-9/h1-4,6H,5H2,(H,12,15). The molecule has 0 saturated heterocycles. The highest BCUT2D eigenvalue weighted by atomic mass is 16.2.